The summed E-state index contributed by atoms with van der Waals surface area (Å²) in [6.07, 6.45) is 0. The van der Waals surface area contributed by atoms with Gasteiger partial charge in [0, 0.05) is 40.0 Å². The zero-order valence-corrected chi connectivity index (χ0v) is 11.4. The number of hydrogen-bond donors (Lipinski definition) is 0. The predicted molar refractivity (Wildman–Crippen MR) is 67.3 cm³/mol. The number of methoxy groups -OCH3 is 1. The molecule has 0 N–H and O–H groups in total. The summed E-state index contributed by atoms with van der Waals surface area (Å²) < 4.78 is 20.8. The van der Waals surface area contributed by atoms with Crippen molar-refractivity contribution in [2.24, 2.45) is 0 Å². The van der Waals surface area contributed by atoms with E-state index >= 15 is 0 Å². The molecule has 0 aliphatic carbocycles. The highest BCUT2D eigenvalue weighted by Gasteiger charge is 2.04. The standard InChI is InChI=1S/C12H27NO4/c1-4-15-9-6-13(7-10-16-5-2)8-11-17-12-14-3/h4-12H2,1-3H3. The van der Waals surface area contributed by atoms with E-state index in [0.29, 0.717) is 13.4 Å². The average Bonchev–Trinajstić information content (AvgIpc) is 2.34. The quantitative estimate of drug-likeness (QED) is 0.359. The Kier molecular flexibility index (Phi) is 13.7. The molecule has 0 heterocycles. The summed E-state index contributed by atoms with van der Waals surface area (Å²) in [5, 5.41) is 0. The molecule has 0 aliphatic rings. The molecule has 0 bridgehead atoms. The summed E-state index contributed by atoms with van der Waals surface area (Å²) in [6, 6.07) is 0. The Morgan fingerprint density at radius 1 is 0.765 bits per heavy atom. The molecule has 5 heteroatoms. The van der Waals surface area contributed by atoms with Crippen molar-refractivity contribution in [1.29, 1.82) is 0 Å². The van der Waals surface area contributed by atoms with Gasteiger partial charge in [-0.05, 0) is 13.8 Å². The van der Waals surface area contributed by atoms with E-state index in [1.807, 2.05) is 13.8 Å². The van der Waals surface area contributed by atoms with E-state index in [2.05, 4.69) is 4.90 Å². The molecule has 0 rings (SSSR count). The lowest BCUT2D eigenvalue weighted by atomic mass is 10.4. The first-order chi connectivity index (χ1) is 8.35. The van der Waals surface area contributed by atoms with Gasteiger partial charge < -0.3 is 18.9 Å². The second-order valence-electron chi connectivity index (χ2n) is 3.55. The van der Waals surface area contributed by atoms with Crippen molar-refractivity contribution in [2.45, 2.75) is 13.8 Å². The average molecular weight is 249 g/mol. The van der Waals surface area contributed by atoms with E-state index in [-0.39, 0.29) is 0 Å². The fourth-order valence-corrected chi connectivity index (χ4v) is 1.35. The van der Waals surface area contributed by atoms with Crippen molar-refractivity contribution < 1.29 is 18.9 Å². The van der Waals surface area contributed by atoms with E-state index in [1.54, 1.807) is 7.11 Å². The highest BCUT2D eigenvalue weighted by atomic mass is 16.7. The van der Waals surface area contributed by atoms with Gasteiger partial charge in [-0.2, -0.15) is 0 Å². The van der Waals surface area contributed by atoms with Crippen LogP contribution in [0.4, 0.5) is 0 Å². The molecule has 0 unspecified atom stereocenters. The van der Waals surface area contributed by atoms with E-state index in [1.165, 1.54) is 0 Å². The van der Waals surface area contributed by atoms with Crippen LogP contribution in [0.15, 0.2) is 0 Å². The van der Waals surface area contributed by atoms with E-state index < -0.39 is 0 Å². The van der Waals surface area contributed by atoms with Crippen LogP contribution >= 0.6 is 0 Å². The maximum absolute atomic E-state index is 5.35. The van der Waals surface area contributed by atoms with Crippen molar-refractivity contribution in [3.05, 3.63) is 0 Å². The summed E-state index contributed by atoms with van der Waals surface area (Å²) >= 11 is 0. The van der Waals surface area contributed by atoms with Gasteiger partial charge in [0.2, 0.25) is 0 Å². The molecule has 0 saturated carbocycles. The molecule has 0 atom stereocenters. The van der Waals surface area contributed by atoms with Gasteiger partial charge in [0.15, 0.2) is 0 Å². The van der Waals surface area contributed by atoms with Crippen LogP contribution in [-0.4, -0.2) is 71.5 Å². The molecule has 0 saturated heterocycles. The Morgan fingerprint density at radius 2 is 1.24 bits per heavy atom. The summed E-state index contributed by atoms with van der Waals surface area (Å²) in [4.78, 5) is 2.28. The van der Waals surface area contributed by atoms with Crippen LogP contribution in [0.2, 0.25) is 0 Å². The Hall–Kier alpha value is -0.200. The highest BCUT2D eigenvalue weighted by molar-refractivity contribution is 4.56. The number of ether oxygens (including phenoxy) is 4. The van der Waals surface area contributed by atoms with Gasteiger partial charge >= 0.3 is 0 Å². The Labute approximate surface area is 105 Å². The monoisotopic (exact) mass is 249 g/mol. The smallest absolute Gasteiger partial charge is 0.146 e. The van der Waals surface area contributed by atoms with Gasteiger partial charge in [0.25, 0.3) is 0 Å². The maximum atomic E-state index is 5.35. The van der Waals surface area contributed by atoms with Crippen molar-refractivity contribution in [2.75, 3.05) is 66.6 Å². The van der Waals surface area contributed by atoms with Crippen LogP contribution in [-0.2, 0) is 18.9 Å². The zero-order valence-electron chi connectivity index (χ0n) is 11.4. The van der Waals surface area contributed by atoms with Gasteiger partial charge in [-0.25, -0.2) is 0 Å². The molecule has 0 aliphatic heterocycles. The van der Waals surface area contributed by atoms with Crippen LogP contribution in [0.3, 0.4) is 0 Å². The lowest BCUT2D eigenvalue weighted by molar-refractivity contribution is -0.0392. The second-order valence-corrected chi connectivity index (χ2v) is 3.55. The van der Waals surface area contributed by atoms with Crippen molar-refractivity contribution in [3.8, 4) is 0 Å². The third kappa shape index (κ3) is 12.1. The molecular formula is C12H27NO4. The van der Waals surface area contributed by atoms with Gasteiger partial charge in [-0.15, -0.1) is 0 Å². The third-order valence-electron chi connectivity index (χ3n) is 2.26. The molecule has 0 radical (unpaired) electrons. The van der Waals surface area contributed by atoms with Gasteiger partial charge in [-0.1, -0.05) is 0 Å². The summed E-state index contributed by atoms with van der Waals surface area (Å²) in [5.74, 6) is 0. The van der Waals surface area contributed by atoms with Crippen LogP contribution in [0, 0.1) is 0 Å². The first kappa shape index (κ1) is 16.8. The van der Waals surface area contributed by atoms with Gasteiger partial charge in [0.1, 0.15) is 6.79 Å². The topological polar surface area (TPSA) is 40.2 Å². The zero-order chi connectivity index (χ0) is 12.8. The van der Waals surface area contributed by atoms with Crippen LogP contribution < -0.4 is 0 Å². The fraction of sp³-hybridized carbons (Fsp3) is 1.00. The summed E-state index contributed by atoms with van der Waals surface area (Å²) in [5.41, 5.74) is 0. The third-order valence-corrected chi connectivity index (χ3v) is 2.26. The summed E-state index contributed by atoms with van der Waals surface area (Å²) in [6.45, 7) is 10.8. The molecule has 104 valence electrons. The lowest BCUT2D eigenvalue weighted by Crippen LogP contribution is -2.34. The molecular weight excluding hydrogens is 222 g/mol. The number of hydrogen-bond acceptors (Lipinski definition) is 5. The molecule has 0 aromatic rings. The molecule has 0 amide bonds. The highest BCUT2D eigenvalue weighted by Crippen LogP contribution is 1.91. The molecule has 0 aromatic carbocycles. The number of nitrogens with zero attached hydrogens (tertiary/aromatic N) is 1. The first-order valence-electron chi connectivity index (χ1n) is 6.29. The van der Waals surface area contributed by atoms with Crippen molar-refractivity contribution >= 4 is 0 Å². The minimum atomic E-state index is 0.352. The maximum Gasteiger partial charge on any atom is 0.146 e. The van der Waals surface area contributed by atoms with Crippen molar-refractivity contribution in [1.82, 2.24) is 4.90 Å². The Bertz CT molecular complexity index is 136. The Balaban J connectivity index is 3.60. The summed E-state index contributed by atoms with van der Waals surface area (Å²) in [7, 11) is 1.63. The van der Waals surface area contributed by atoms with Crippen LogP contribution in [0.25, 0.3) is 0 Å². The largest absolute Gasteiger partial charge is 0.380 e. The van der Waals surface area contributed by atoms with E-state index in [0.717, 1.165) is 46.1 Å². The van der Waals surface area contributed by atoms with Gasteiger partial charge in [0.05, 0.1) is 19.8 Å². The van der Waals surface area contributed by atoms with Crippen LogP contribution in [0.5, 0.6) is 0 Å². The Morgan fingerprint density at radius 3 is 1.65 bits per heavy atom. The minimum Gasteiger partial charge on any atom is -0.380 e. The molecule has 0 aromatic heterocycles. The predicted octanol–water partition coefficient (Wildman–Crippen LogP) is 0.982. The first-order valence-corrected chi connectivity index (χ1v) is 6.29. The lowest BCUT2D eigenvalue weighted by Gasteiger charge is -2.21. The van der Waals surface area contributed by atoms with E-state index in [9.17, 15) is 0 Å². The molecule has 17 heavy (non-hydrogen) atoms. The van der Waals surface area contributed by atoms with Gasteiger partial charge in [-0.3, -0.25) is 4.90 Å². The second kappa shape index (κ2) is 13.9. The normalized spacial score (nSPS) is 11.3. The fourth-order valence-electron chi connectivity index (χ4n) is 1.35. The van der Waals surface area contributed by atoms with E-state index in [4.69, 9.17) is 18.9 Å². The minimum absolute atomic E-state index is 0.352. The number of rotatable bonds is 13. The van der Waals surface area contributed by atoms with Crippen LogP contribution in [0.1, 0.15) is 13.8 Å². The molecule has 0 fully saturated rings. The van der Waals surface area contributed by atoms with Crippen molar-refractivity contribution in [3.63, 3.8) is 0 Å². The SMILES string of the molecule is CCOCCN(CCOCC)CCOCOC. The molecule has 5 nitrogen and oxygen atoms in total. The molecule has 0 spiro atoms.